The summed E-state index contributed by atoms with van der Waals surface area (Å²) in [5, 5.41) is 22.6. The van der Waals surface area contributed by atoms with E-state index in [1.54, 1.807) is 6.07 Å². The number of likely N-dealkylation sites (N-methyl/N-ethyl adjacent to an activating group) is 1. The predicted octanol–water partition coefficient (Wildman–Crippen LogP) is 2.54. The molecule has 0 aromatic heterocycles. The number of phenolic OH excluding ortho intramolecular Hbond substituents is 1. The zero-order chi connectivity index (χ0) is 24.0. The Hall–Kier alpha value is -1.56. The third-order valence-electron chi connectivity index (χ3n) is 8.67. The van der Waals surface area contributed by atoms with Gasteiger partial charge in [-0.2, -0.15) is 13.2 Å². The quantitative estimate of drug-likeness (QED) is 0.374. The van der Waals surface area contributed by atoms with Gasteiger partial charge in [-0.05, 0) is 43.7 Å². The van der Waals surface area contributed by atoms with Crippen molar-refractivity contribution >= 4 is 10.1 Å². The largest absolute Gasteiger partial charge is 0.741 e. The molecular formula is C22H28F3NO6S. The van der Waals surface area contributed by atoms with Gasteiger partial charge in [0.2, 0.25) is 0 Å². The molecule has 33 heavy (non-hydrogen) atoms. The summed E-state index contributed by atoms with van der Waals surface area (Å²) in [6.45, 7) is 2.34. The van der Waals surface area contributed by atoms with Gasteiger partial charge in [-0.15, -0.1) is 0 Å². The number of nitrogens with zero attached hydrogens (tertiary/aromatic N) is 1. The zero-order valence-corrected chi connectivity index (χ0v) is 19.1. The maximum absolute atomic E-state index is 12.2. The minimum absolute atomic E-state index is 0.0331. The molecule has 2 aliphatic heterocycles. The highest BCUT2D eigenvalue weighted by Crippen LogP contribution is 2.66. The second-order valence-electron chi connectivity index (χ2n) is 10.5. The Balaban J connectivity index is 0.000000249. The smallest absolute Gasteiger partial charge is 0.485 e. The van der Waals surface area contributed by atoms with E-state index in [1.807, 2.05) is 0 Å². The second kappa shape index (κ2) is 6.99. The lowest BCUT2D eigenvalue weighted by molar-refractivity contribution is -0.950. The first kappa shape index (κ1) is 23.2. The summed E-state index contributed by atoms with van der Waals surface area (Å²) in [6.07, 6.45) is 7.56. The van der Waals surface area contributed by atoms with Gasteiger partial charge in [0.25, 0.3) is 0 Å². The fraction of sp³-hybridized carbons (Fsp3) is 0.727. The molecule has 1 saturated heterocycles. The number of hydrogen-bond acceptors (Lipinski definition) is 6. The summed E-state index contributed by atoms with van der Waals surface area (Å²) in [7, 11) is -3.70. The molecule has 2 bridgehead atoms. The molecule has 5 atom stereocenters. The highest BCUT2D eigenvalue weighted by Gasteiger charge is 2.74. The van der Waals surface area contributed by atoms with E-state index in [0.717, 1.165) is 54.6 Å². The van der Waals surface area contributed by atoms with Crippen LogP contribution in [0.2, 0.25) is 0 Å². The summed E-state index contributed by atoms with van der Waals surface area (Å²) < 4.78 is 66.2. The highest BCUT2D eigenvalue weighted by molar-refractivity contribution is 7.86. The van der Waals surface area contributed by atoms with Crippen molar-refractivity contribution in [2.75, 3.05) is 20.1 Å². The lowest BCUT2D eigenvalue weighted by Gasteiger charge is -2.64. The molecule has 0 amide bonds. The normalized spacial score (nSPS) is 38.6. The Morgan fingerprint density at radius 1 is 1.24 bits per heavy atom. The van der Waals surface area contributed by atoms with Gasteiger partial charge in [0.05, 0.1) is 25.6 Å². The number of ether oxygens (including phenoxy) is 1. The molecule has 1 aromatic rings. The number of likely N-dealkylation sites (tertiary alicyclic amines) is 1. The third-order valence-corrected chi connectivity index (χ3v) is 9.23. The van der Waals surface area contributed by atoms with Gasteiger partial charge < -0.3 is 24.0 Å². The van der Waals surface area contributed by atoms with E-state index >= 15 is 0 Å². The van der Waals surface area contributed by atoms with Gasteiger partial charge in [0, 0.05) is 24.3 Å². The lowest BCUT2D eigenvalue weighted by atomic mass is 9.48. The standard InChI is InChI=1S/C21H27NO3.CHF3O3S/c1-22(12-13-4-5-13)10-9-20-17-3-2-8-21(20,24)16(22)11-14-6-7-15(23)19(25-17)18(14)20;2-1(3,4)8(5,6)7/h6-7,13,16-17,24H,2-5,8-12H2,1H3;(H,5,6,7)/t16-,17+,20-,21?,22?;/m1./s1. The fourth-order valence-corrected chi connectivity index (χ4v) is 7.15. The number of alkyl halides is 3. The summed E-state index contributed by atoms with van der Waals surface area (Å²) in [5.74, 6) is 1.79. The monoisotopic (exact) mass is 491 g/mol. The number of phenols is 1. The summed E-state index contributed by atoms with van der Waals surface area (Å²) in [5.41, 5.74) is -4.16. The van der Waals surface area contributed by atoms with E-state index in [9.17, 15) is 23.4 Å². The van der Waals surface area contributed by atoms with Crippen LogP contribution in [0.4, 0.5) is 13.2 Å². The fourth-order valence-electron chi connectivity index (χ4n) is 7.15. The van der Waals surface area contributed by atoms with Crippen molar-refractivity contribution in [3.63, 3.8) is 0 Å². The van der Waals surface area contributed by atoms with E-state index < -0.39 is 21.2 Å². The molecule has 3 fully saturated rings. The van der Waals surface area contributed by atoms with Gasteiger partial charge >= 0.3 is 5.51 Å². The van der Waals surface area contributed by atoms with Crippen LogP contribution in [-0.4, -0.2) is 71.1 Å². The van der Waals surface area contributed by atoms with Crippen LogP contribution in [0.3, 0.4) is 0 Å². The van der Waals surface area contributed by atoms with Crippen molar-refractivity contribution in [2.24, 2.45) is 5.92 Å². The Bertz CT molecular complexity index is 1090. The van der Waals surface area contributed by atoms with E-state index in [4.69, 9.17) is 17.7 Å². The maximum Gasteiger partial charge on any atom is 0.485 e. The summed E-state index contributed by atoms with van der Waals surface area (Å²) in [4.78, 5) is 0. The van der Waals surface area contributed by atoms with E-state index in [-0.39, 0.29) is 23.3 Å². The Kier molecular flexibility index (Phi) is 4.91. The van der Waals surface area contributed by atoms with Crippen molar-refractivity contribution in [3.8, 4) is 11.5 Å². The van der Waals surface area contributed by atoms with Crippen LogP contribution in [0.25, 0.3) is 0 Å². The van der Waals surface area contributed by atoms with Crippen molar-refractivity contribution in [1.82, 2.24) is 0 Å². The molecule has 2 N–H and O–H groups in total. The molecular weight excluding hydrogens is 463 g/mol. The molecule has 184 valence electrons. The number of halogens is 3. The van der Waals surface area contributed by atoms with Gasteiger partial charge in [0.1, 0.15) is 17.7 Å². The molecule has 2 saturated carbocycles. The molecule has 2 heterocycles. The minimum atomic E-state index is -6.09. The van der Waals surface area contributed by atoms with Crippen molar-refractivity contribution < 1.29 is 45.6 Å². The molecule has 2 unspecified atom stereocenters. The van der Waals surface area contributed by atoms with Crippen LogP contribution in [0, 0.1) is 5.92 Å². The summed E-state index contributed by atoms with van der Waals surface area (Å²) >= 11 is 0. The average molecular weight is 492 g/mol. The number of aliphatic hydroxyl groups is 1. The van der Waals surface area contributed by atoms with Crippen LogP contribution in [-0.2, 0) is 22.0 Å². The Labute approximate surface area is 190 Å². The van der Waals surface area contributed by atoms with Crippen LogP contribution in [0.1, 0.15) is 49.7 Å². The number of piperidine rings is 1. The number of hydrogen-bond donors (Lipinski definition) is 2. The van der Waals surface area contributed by atoms with Crippen molar-refractivity contribution in [1.29, 1.82) is 0 Å². The Morgan fingerprint density at radius 2 is 1.91 bits per heavy atom. The molecule has 1 spiro atoms. The van der Waals surface area contributed by atoms with Gasteiger partial charge in [-0.1, -0.05) is 6.07 Å². The van der Waals surface area contributed by atoms with E-state index in [2.05, 4.69) is 13.1 Å². The SMILES string of the molecule is C[N+]1(CC2CC2)CC[C@]23c4c5ccc(O)c4O[C@H]2CCCC3(O)[C@H]1C5.O=S(=O)([O-])C(F)(F)F. The average Bonchev–Trinajstić information content (AvgIpc) is 3.42. The van der Waals surface area contributed by atoms with E-state index in [1.165, 1.54) is 24.9 Å². The van der Waals surface area contributed by atoms with Crippen LogP contribution in [0.15, 0.2) is 12.1 Å². The zero-order valence-electron chi connectivity index (χ0n) is 18.3. The number of quaternary nitrogens is 1. The van der Waals surface area contributed by atoms with Crippen LogP contribution < -0.4 is 4.74 Å². The van der Waals surface area contributed by atoms with Gasteiger partial charge in [0.15, 0.2) is 21.6 Å². The van der Waals surface area contributed by atoms with Crippen molar-refractivity contribution in [2.45, 2.75) is 73.6 Å². The first-order valence-electron chi connectivity index (χ1n) is 11.3. The molecule has 11 heteroatoms. The first-order chi connectivity index (χ1) is 15.2. The molecule has 7 nitrogen and oxygen atoms in total. The number of aromatic hydroxyl groups is 1. The molecule has 5 aliphatic rings. The second-order valence-corrected chi connectivity index (χ2v) is 11.9. The number of rotatable bonds is 2. The van der Waals surface area contributed by atoms with Crippen LogP contribution >= 0.6 is 0 Å². The minimum Gasteiger partial charge on any atom is -0.741 e. The molecule has 1 aromatic carbocycles. The van der Waals surface area contributed by atoms with Crippen LogP contribution in [0.5, 0.6) is 11.5 Å². The Morgan fingerprint density at radius 3 is 2.52 bits per heavy atom. The van der Waals surface area contributed by atoms with Crippen molar-refractivity contribution in [3.05, 3.63) is 23.3 Å². The van der Waals surface area contributed by atoms with Gasteiger partial charge in [-0.25, -0.2) is 8.42 Å². The maximum atomic E-state index is 12.2. The van der Waals surface area contributed by atoms with Gasteiger partial charge in [-0.3, -0.25) is 0 Å². The van der Waals surface area contributed by atoms with E-state index in [0.29, 0.717) is 5.75 Å². The molecule has 3 aliphatic carbocycles. The predicted molar refractivity (Wildman–Crippen MR) is 110 cm³/mol. The first-order valence-corrected chi connectivity index (χ1v) is 12.7. The molecule has 0 radical (unpaired) electrons. The lowest BCUT2D eigenvalue weighted by Crippen LogP contribution is -2.79. The highest BCUT2D eigenvalue weighted by atomic mass is 32.2. The number of benzene rings is 1. The topological polar surface area (TPSA) is 107 Å². The third kappa shape index (κ3) is 3.22. The summed E-state index contributed by atoms with van der Waals surface area (Å²) in [6, 6.07) is 4.15. The molecule has 6 rings (SSSR count).